The predicted molar refractivity (Wildman–Crippen MR) is 48.5 cm³/mol. The van der Waals surface area contributed by atoms with Gasteiger partial charge in [-0.05, 0) is 33.3 Å². The minimum atomic E-state index is -0.921. The summed E-state index contributed by atoms with van der Waals surface area (Å²) in [5.41, 5.74) is -0.231. The molecule has 0 saturated carbocycles. The first-order valence-corrected chi connectivity index (χ1v) is 4.07. The lowest BCUT2D eigenvalue weighted by atomic mass is 10.2. The van der Waals surface area contributed by atoms with E-state index in [0.717, 1.165) is 0 Å². The molecule has 0 heterocycles. The van der Waals surface area contributed by atoms with Crippen LogP contribution in [0.15, 0.2) is 11.8 Å². The van der Waals surface area contributed by atoms with E-state index in [1.807, 2.05) is 6.92 Å². The molecule has 0 bridgehead atoms. The number of allylic oxidation sites excluding steroid dienone is 2. The van der Waals surface area contributed by atoms with Gasteiger partial charge in [-0.2, -0.15) is 0 Å². The quantitative estimate of drug-likeness (QED) is 0.493. The van der Waals surface area contributed by atoms with Crippen molar-refractivity contribution in [2.24, 2.45) is 0 Å². The number of carbonyl (C=O) groups is 1. The van der Waals surface area contributed by atoms with E-state index in [9.17, 15) is 9.90 Å². The molecule has 0 aromatic rings. The zero-order valence-corrected chi connectivity index (χ0v) is 8.14. The fraction of sp³-hybridized carbons (Fsp3) is 0.667. The van der Waals surface area contributed by atoms with E-state index in [4.69, 9.17) is 0 Å². The second-order valence-corrected chi connectivity index (χ2v) is 3.19. The van der Waals surface area contributed by atoms with Crippen LogP contribution >= 0.6 is 0 Å². The number of aliphatic hydroxyl groups is 1. The third-order valence-corrected chi connectivity index (χ3v) is 1.57. The smallest absolute Gasteiger partial charge is 0.154 e. The number of rotatable bonds is 4. The van der Waals surface area contributed by atoms with Crippen LogP contribution in [0.3, 0.4) is 0 Å². The first-order chi connectivity index (χ1) is 5.37. The van der Waals surface area contributed by atoms with Crippen molar-refractivity contribution in [1.82, 2.24) is 5.32 Å². The molecule has 12 heavy (non-hydrogen) atoms. The fourth-order valence-electron chi connectivity index (χ4n) is 0.854. The summed E-state index contributed by atoms with van der Waals surface area (Å²) in [4.78, 5) is 10.6. The average molecular weight is 171 g/mol. The highest BCUT2D eigenvalue weighted by molar-refractivity contribution is 5.87. The molecule has 0 aliphatic rings. The monoisotopic (exact) mass is 171 g/mol. The molecule has 70 valence electrons. The van der Waals surface area contributed by atoms with E-state index < -0.39 is 5.72 Å². The topological polar surface area (TPSA) is 49.3 Å². The van der Waals surface area contributed by atoms with Crippen LogP contribution in [0.5, 0.6) is 0 Å². The fourth-order valence-corrected chi connectivity index (χ4v) is 0.854. The van der Waals surface area contributed by atoms with Crippen LogP contribution in [0.1, 0.15) is 34.1 Å². The van der Waals surface area contributed by atoms with Gasteiger partial charge in [-0.1, -0.05) is 6.92 Å². The number of nitrogens with one attached hydrogen (secondary N) is 1. The van der Waals surface area contributed by atoms with Crippen LogP contribution in [0.4, 0.5) is 0 Å². The van der Waals surface area contributed by atoms with Crippen molar-refractivity contribution in [3.05, 3.63) is 11.8 Å². The Hall–Kier alpha value is -0.830. The summed E-state index contributed by atoms with van der Waals surface area (Å²) in [7, 11) is 0. The molecule has 0 rings (SSSR count). The molecule has 0 radical (unpaired) electrons. The summed E-state index contributed by atoms with van der Waals surface area (Å²) in [6.45, 7) is 6.77. The number of hydrogen-bond donors (Lipinski definition) is 2. The lowest BCUT2D eigenvalue weighted by Crippen LogP contribution is -2.40. The normalized spacial score (nSPS) is 16.9. The Morgan fingerprint density at radius 2 is 2.08 bits per heavy atom. The van der Waals surface area contributed by atoms with Gasteiger partial charge in [-0.15, -0.1) is 0 Å². The molecule has 1 unspecified atom stereocenters. The van der Waals surface area contributed by atoms with Gasteiger partial charge in [0.05, 0.1) is 0 Å². The maximum atomic E-state index is 10.6. The highest BCUT2D eigenvalue weighted by Gasteiger charge is 2.15. The molecule has 0 aliphatic heterocycles. The van der Waals surface area contributed by atoms with E-state index in [1.165, 1.54) is 13.0 Å². The zero-order chi connectivity index (χ0) is 9.78. The van der Waals surface area contributed by atoms with Crippen molar-refractivity contribution < 1.29 is 9.90 Å². The summed E-state index contributed by atoms with van der Waals surface area (Å²) in [5.74, 6) is -0.0214. The summed E-state index contributed by atoms with van der Waals surface area (Å²) < 4.78 is 0. The maximum Gasteiger partial charge on any atom is 0.154 e. The lowest BCUT2D eigenvalue weighted by molar-refractivity contribution is -0.112. The lowest BCUT2D eigenvalue weighted by Gasteiger charge is -2.24. The minimum Gasteiger partial charge on any atom is -0.371 e. The first kappa shape index (κ1) is 11.2. The molecule has 1 atom stereocenters. The summed E-state index contributed by atoms with van der Waals surface area (Å²) >= 11 is 0. The minimum absolute atomic E-state index is 0.0214. The molecule has 0 fully saturated rings. The van der Waals surface area contributed by atoms with Crippen molar-refractivity contribution in [2.75, 3.05) is 0 Å². The molecule has 0 amide bonds. The molecular formula is C9H17NO2. The Balaban J connectivity index is 4.17. The van der Waals surface area contributed by atoms with Crippen molar-refractivity contribution in [3.63, 3.8) is 0 Å². The van der Waals surface area contributed by atoms with Crippen molar-refractivity contribution in [1.29, 1.82) is 0 Å². The summed E-state index contributed by atoms with van der Waals surface area (Å²) in [6, 6.07) is 0. The van der Waals surface area contributed by atoms with E-state index in [1.54, 1.807) is 13.8 Å². The van der Waals surface area contributed by atoms with Crippen LogP contribution in [-0.4, -0.2) is 16.6 Å². The van der Waals surface area contributed by atoms with Gasteiger partial charge in [-0.3, -0.25) is 4.79 Å². The summed E-state index contributed by atoms with van der Waals surface area (Å²) in [5, 5.41) is 12.4. The Kier molecular flexibility index (Phi) is 3.96. The number of carbonyl (C=O) groups excluding carboxylic acids is 1. The van der Waals surface area contributed by atoms with Crippen molar-refractivity contribution >= 4 is 5.78 Å². The Morgan fingerprint density at radius 1 is 1.58 bits per heavy atom. The standard InChI is InChI=1S/C9H17NO2/c1-5-9(4,12)10-7(2)6-8(3)11/h6,10,12H,5H2,1-4H3/b7-6+. The molecule has 0 aromatic heterocycles. The first-order valence-electron chi connectivity index (χ1n) is 4.07. The van der Waals surface area contributed by atoms with E-state index >= 15 is 0 Å². The zero-order valence-electron chi connectivity index (χ0n) is 8.14. The molecule has 0 aliphatic carbocycles. The Morgan fingerprint density at radius 3 is 2.42 bits per heavy atom. The van der Waals surface area contributed by atoms with E-state index in [0.29, 0.717) is 12.1 Å². The average Bonchev–Trinajstić information content (AvgIpc) is 1.84. The maximum absolute atomic E-state index is 10.6. The van der Waals surface area contributed by atoms with Gasteiger partial charge >= 0.3 is 0 Å². The third kappa shape index (κ3) is 4.91. The van der Waals surface area contributed by atoms with Gasteiger partial charge < -0.3 is 10.4 Å². The van der Waals surface area contributed by atoms with Crippen LogP contribution < -0.4 is 5.32 Å². The molecule has 3 heteroatoms. The van der Waals surface area contributed by atoms with Crippen molar-refractivity contribution in [3.8, 4) is 0 Å². The predicted octanol–water partition coefficient (Wildman–Crippen LogP) is 1.19. The molecule has 0 spiro atoms. The van der Waals surface area contributed by atoms with E-state index in [2.05, 4.69) is 5.32 Å². The Labute approximate surface area is 73.5 Å². The highest BCUT2D eigenvalue weighted by atomic mass is 16.3. The van der Waals surface area contributed by atoms with Crippen LogP contribution in [0, 0.1) is 0 Å². The van der Waals surface area contributed by atoms with E-state index in [-0.39, 0.29) is 5.78 Å². The molecular weight excluding hydrogens is 154 g/mol. The van der Waals surface area contributed by atoms with Gasteiger partial charge in [-0.25, -0.2) is 0 Å². The summed E-state index contributed by atoms with van der Waals surface area (Å²) in [6.07, 6.45) is 2.06. The van der Waals surface area contributed by atoms with Crippen LogP contribution in [-0.2, 0) is 4.79 Å². The van der Waals surface area contributed by atoms with Crippen LogP contribution in [0.25, 0.3) is 0 Å². The van der Waals surface area contributed by atoms with Gasteiger partial charge in [0.15, 0.2) is 5.78 Å². The largest absolute Gasteiger partial charge is 0.371 e. The molecule has 2 N–H and O–H groups in total. The van der Waals surface area contributed by atoms with Gasteiger partial charge in [0.2, 0.25) is 0 Å². The van der Waals surface area contributed by atoms with Gasteiger partial charge in [0, 0.05) is 5.70 Å². The molecule has 0 saturated heterocycles. The van der Waals surface area contributed by atoms with Crippen molar-refractivity contribution in [2.45, 2.75) is 39.8 Å². The second-order valence-electron chi connectivity index (χ2n) is 3.19. The molecule has 3 nitrogen and oxygen atoms in total. The Bertz CT molecular complexity index is 195. The number of hydrogen-bond acceptors (Lipinski definition) is 3. The highest BCUT2D eigenvalue weighted by Crippen LogP contribution is 2.06. The van der Waals surface area contributed by atoms with Gasteiger partial charge in [0.25, 0.3) is 0 Å². The number of ketones is 1. The third-order valence-electron chi connectivity index (χ3n) is 1.57. The molecule has 0 aromatic carbocycles. The SMILES string of the molecule is CCC(C)(O)N/C(C)=C/C(C)=O. The second kappa shape index (κ2) is 4.26. The van der Waals surface area contributed by atoms with Gasteiger partial charge in [0.1, 0.15) is 5.72 Å². The van der Waals surface area contributed by atoms with Crippen LogP contribution in [0.2, 0.25) is 0 Å².